The van der Waals surface area contributed by atoms with Gasteiger partial charge in [0.15, 0.2) is 5.82 Å². The Bertz CT molecular complexity index is 727. The molecule has 128 valence electrons. The van der Waals surface area contributed by atoms with Crippen LogP contribution in [0.5, 0.6) is 5.75 Å². The van der Waals surface area contributed by atoms with E-state index in [0.717, 1.165) is 24.3 Å². The summed E-state index contributed by atoms with van der Waals surface area (Å²) in [6.45, 7) is 4.64. The summed E-state index contributed by atoms with van der Waals surface area (Å²) in [5.41, 5.74) is 3.66. The van der Waals surface area contributed by atoms with Gasteiger partial charge in [0.2, 0.25) is 0 Å². The van der Waals surface area contributed by atoms with E-state index in [0.29, 0.717) is 11.5 Å². The van der Waals surface area contributed by atoms with Gasteiger partial charge in [-0.3, -0.25) is 5.43 Å². The summed E-state index contributed by atoms with van der Waals surface area (Å²) in [6.07, 6.45) is 6.36. The van der Waals surface area contributed by atoms with Crippen molar-refractivity contribution in [1.82, 2.24) is 15.2 Å². The standard InChI is InChI=1S/C17H23N5O2/c1-3-4-5-6-10-24-15-9-7-8-14(11-15)12-18-21-16-13(2)20-22-17(23)19-16/h7-9,11-12H,3-6,10H2,1-2H3,(H2,19,21,22,23)/b18-12+. The molecule has 0 saturated carbocycles. The van der Waals surface area contributed by atoms with Crippen molar-refractivity contribution in [2.75, 3.05) is 12.0 Å². The van der Waals surface area contributed by atoms with Crippen molar-refractivity contribution in [3.63, 3.8) is 0 Å². The molecule has 24 heavy (non-hydrogen) atoms. The zero-order valence-electron chi connectivity index (χ0n) is 14.1. The Morgan fingerprint density at radius 3 is 3.04 bits per heavy atom. The van der Waals surface area contributed by atoms with Gasteiger partial charge in [-0.25, -0.2) is 9.89 Å². The number of unbranched alkanes of at least 4 members (excludes halogenated alkanes) is 3. The summed E-state index contributed by atoms with van der Waals surface area (Å²) < 4.78 is 5.74. The molecule has 1 heterocycles. The Labute approximate surface area is 141 Å². The number of nitrogens with zero attached hydrogens (tertiary/aromatic N) is 3. The van der Waals surface area contributed by atoms with Crippen molar-refractivity contribution in [3.8, 4) is 5.75 Å². The van der Waals surface area contributed by atoms with Gasteiger partial charge in [0.25, 0.3) is 0 Å². The van der Waals surface area contributed by atoms with Crippen LogP contribution in [0.3, 0.4) is 0 Å². The molecule has 2 N–H and O–H groups in total. The number of aromatic nitrogens is 3. The Morgan fingerprint density at radius 1 is 1.33 bits per heavy atom. The molecular weight excluding hydrogens is 306 g/mol. The average Bonchev–Trinajstić information content (AvgIpc) is 2.58. The van der Waals surface area contributed by atoms with Crippen molar-refractivity contribution >= 4 is 12.0 Å². The Morgan fingerprint density at radius 2 is 2.21 bits per heavy atom. The monoisotopic (exact) mass is 329 g/mol. The van der Waals surface area contributed by atoms with Crippen LogP contribution in [-0.4, -0.2) is 28.0 Å². The molecular formula is C17H23N5O2. The highest BCUT2D eigenvalue weighted by molar-refractivity contribution is 5.80. The molecule has 0 amide bonds. The van der Waals surface area contributed by atoms with Gasteiger partial charge in [0.05, 0.1) is 12.8 Å². The van der Waals surface area contributed by atoms with Gasteiger partial charge in [0, 0.05) is 0 Å². The van der Waals surface area contributed by atoms with E-state index in [9.17, 15) is 4.79 Å². The van der Waals surface area contributed by atoms with E-state index in [1.165, 1.54) is 19.3 Å². The molecule has 2 rings (SSSR count). The van der Waals surface area contributed by atoms with Crippen LogP contribution in [0.4, 0.5) is 5.82 Å². The van der Waals surface area contributed by atoms with Gasteiger partial charge in [-0.05, 0) is 31.0 Å². The van der Waals surface area contributed by atoms with Crippen LogP contribution >= 0.6 is 0 Å². The first kappa shape index (κ1) is 17.7. The lowest BCUT2D eigenvalue weighted by molar-refractivity contribution is 0.305. The van der Waals surface area contributed by atoms with E-state index >= 15 is 0 Å². The summed E-state index contributed by atoms with van der Waals surface area (Å²) in [6, 6.07) is 7.69. The normalized spacial score (nSPS) is 10.9. The molecule has 0 radical (unpaired) electrons. The molecule has 0 fully saturated rings. The lowest BCUT2D eigenvalue weighted by Crippen LogP contribution is -2.15. The molecule has 0 aliphatic heterocycles. The molecule has 2 aromatic rings. The molecule has 0 bridgehead atoms. The van der Waals surface area contributed by atoms with Gasteiger partial charge in [-0.15, -0.1) is 0 Å². The number of hydrogen-bond donors (Lipinski definition) is 2. The third kappa shape index (κ3) is 5.83. The van der Waals surface area contributed by atoms with Crippen LogP contribution in [0.15, 0.2) is 34.2 Å². The maximum atomic E-state index is 11.1. The van der Waals surface area contributed by atoms with E-state index in [4.69, 9.17) is 4.74 Å². The highest BCUT2D eigenvalue weighted by atomic mass is 16.5. The molecule has 0 saturated heterocycles. The number of ether oxygens (including phenoxy) is 1. The zero-order valence-corrected chi connectivity index (χ0v) is 14.1. The molecule has 1 aromatic carbocycles. The Kier molecular flexibility index (Phi) is 6.94. The molecule has 1 aromatic heterocycles. The lowest BCUT2D eigenvalue weighted by Gasteiger charge is -2.06. The van der Waals surface area contributed by atoms with E-state index in [2.05, 4.69) is 32.6 Å². The minimum Gasteiger partial charge on any atom is -0.494 e. The summed E-state index contributed by atoms with van der Waals surface area (Å²) in [5, 5.41) is 10.2. The average molecular weight is 329 g/mol. The molecule has 0 unspecified atom stereocenters. The maximum absolute atomic E-state index is 11.1. The van der Waals surface area contributed by atoms with Crippen LogP contribution in [0.1, 0.15) is 43.9 Å². The summed E-state index contributed by atoms with van der Waals surface area (Å²) in [4.78, 5) is 14.9. The first-order valence-electron chi connectivity index (χ1n) is 8.14. The smallest absolute Gasteiger partial charge is 0.363 e. The van der Waals surface area contributed by atoms with Crippen molar-refractivity contribution in [2.24, 2.45) is 5.10 Å². The molecule has 0 aliphatic carbocycles. The number of rotatable bonds is 9. The lowest BCUT2D eigenvalue weighted by atomic mass is 10.2. The second-order valence-corrected chi connectivity index (χ2v) is 5.43. The number of hydrazone groups is 1. The van der Waals surface area contributed by atoms with Crippen LogP contribution < -0.4 is 15.9 Å². The van der Waals surface area contributed by atoms with E-state index in [-0.39, 0.29) is 0 Å². The number of aromatic amines is 1. The molecule has 0 spiro atoms. The highest BCUT2D eigenvalue weighted by Gasteiger charge is 2.00. The molecule has 7 heteroatoms. The number of hydrogen-bond acceptors (Lipinski definition) is 6. The number of benzene rings is 1. The number of aryl methyl sites for hydroxylation is 1. The highest BCUT2D eigenvalue weighted by Crippen LogP contribution is 2.13. The number of H-pyrrole nitrogens is 1. The largest absolute Gasteiger partial charge is 0.494 e. The second-order valence-electron chi connectivity index (χ2n) is 5.43. The van der Waals surface area contributed by atoms with Gasteiger partial charge in [0.1, 0.15) is 11.4 Å². The van der Waals surface area contributed by atoms with E-state index in [1.54, 1.807) is 13.1 Å². The van der Waals surface area contributed by atoms with Crippen LogP contribution in [0.2, 0.25) is 0 Å². The predicted molar refractivity (Wildman–Crippen MR) is 94.7 cm³/mol. The van der Waals surface area contributed by atoms with Gasteiger partial charge in [-0.1, -0.05) is 38.3 Å². The fraction of sp³-hybridized carbons (Fsp3) is 0.412. The number of anilines is 1. The van der Waals surface area contributed by atoms with Crippen LogP contribution in [-0.2, 0) is 0 Å². The second kappa shape index (κ2) is 9.44. The van der Waals surface area contributed by atoms with Crippen LogP contribution in [0.25, 0.3) is 0 Å². The van der Waals surface area contributed by atoms with Gasteiger partial charge >= 0.3 is 5.69 Å². The third-order valence-electron chi connectivity index (χ3n) is 3.38. The Hall–Kier alpha value is -2.70. The summed E-state index contributed by atoms with van der Waals surface area (Å²) in [5.74, 6) is 1.15. The Balaban J connectivity index is 1.89. The van der Waals surface area contributed by atoms with Crippen molar-refractivity contribution in [1.29, 1.82) is 0 Å². The first-order valence-corrected chi connectivity index (χ1v) is 8.14. The van der Waals surface area contributed by atoms with Gasteiger partial charge < -0.3 is 4.74 Å². The van der Waals surface area contributed by atoms with Crippen molar-refractivity contribution in [2.45, 2.75) is 39.5 Å². The van der Waals surface area contributed by atoms with Gasteiger partial charge in [-0.2, -0.15) is 15.2 Å². The zero-order chi connectivity index (χ0) is 17.2. The van der Waals surface area contributed by atoms with Crippen molar-refractivity contribution in [3.05, 3.63) is 46.0 Å². The fourth-order valence-corrected chi connectivity index (χ4v) is 2.07. The molecule has 0 atom stereocenters. The third-order valence-corrected chi connectivity index (χ3v) is 3.38. The number of nitrogens with one attached hydrogen (secondary N) is 2. The van der Waals surface area contributed by atoms with Crippen LogP contribution in [0, 0.1) is 6.92 Å². The van der Waals surface area contributed by atoms with E-state index < -0.39 is 5.69 Å². The fourth-order valence-electron chi connectivity index (χ4n) is 2.07. The quantitative estimate of drug-likeness (QED) is 0.419. The maximum Gasteiger partial charge on any atom is 0.363 e. The van der Waals surface area contributed by atoms with E-state index in [1.807, 2.05) is 24.3 Å². The minimum atomic E-state index is -0.517. The molecule has 0 aliphatic rings. The molecule has 7 nitrogen and oxygen atoms in total. The topological polar surface area (TPSA) is 92.3 Å². The SMILES string of the molecule is CCCCCCOc1cccc(/C=N/Nc2nc(=O)[nH]nc2C)c1. The first-order chi connectivity index (χ1) is 11.7. The predicted octanol–water partition coefficient (Wildman–Crippen LogP) is 2.88. The van der Waals surface area contributed by atoms with Crippen molar-refractivity contribution < 1.29 is 4.74 Å². The minimum absolute atomic E-state index is 0.332. The summed E-state index contributed by atoms with van der Waals surface area (Å²) in [7, 11) is 0. The summed E-state index contributed by atoms with van der Waals surface area (Å²) >= 11 is 0.